The van der Waals surface area contributed by atoms with Gasteiger partial charge in [-0.2, -0.15) is 21.6 Å². The maximum Gasteiger partial charge on any atom is 0.493 e. The van der Waals surface area contributed by atoms with Crippen molar-refractivity contribution in [3.8, 4) is 28.1 Å². The van der Waals surface area contributed by atoms with Crippen LogP contribution in [0.2, 0.25) is 0 Å². The lowest BCUT2D eigenvalue weighted by Crippen LogP contribution is -2.38. The Morgan fingerprint density at radius 3 is 2.33 bits per heavy atom. The van der Waals surface area contributed by atoms with Crippen LogP contribution in [-0.2, 0) is 19.7 Å². The van der Waals surface area contributed by atoms with Crippen molar-refractivity contribution in [2.75, 3.05) is 11.6 Å². The minimum atomic E-state index is -5.49. The zero-order chi connectivity index (χ0) is 30.2. The summed E-state index contributed by atoms with van der Waals surface area (Å²) in [4.78, 5) is 19.6. The number of ether oxygens (including phenoxy) is 1. The molecule has 5 rings (SSSR count). The quantitative estimate of drug-likeness (QED) is 0.162. The van der Waals surface area contributed by atoms with Crippen molar-refractivity contribution in [3.05, 3.63) is 84.0 Å². The summed E-state index contributed by atoms with van der Waals surface area (Å²) in [6.45, 7) is 0. The molecule has 216 valence electrons. The van der Waals surface area contributed by atoms with Gasteiger partial charge >= 0.3 is 12.1 Å². The normalized spacial score (nSPS) is 11.9. The molecule has 0 aliphatic rings. The van der Waals surface area contributed by atoms with Crippen LogP contribution in [0.3, 0.4) is 0 Å². The highest BCUT2D eigenvalue weighted by molar-refractivity contribution is 7.92. The summed E-state index contributed by atoms with van der Waals surface area (Å²) in [6, 6.07) is 12.9. The minimum Gasteiger partial charge on any atom is -0.496 e. The van der Waals surface area contributed by atoms with E-state index in [0.29, 0.717) is 38.9 Å². The lowest BCUT2D eigenvalue weighted by atomic mass is 9.99. The second kappa shape index (κ2) is 10.9. The summed E-state index contributed by atoms with van der Waals surface area (Å²) >= 11 is 0.528. The molecule has 16 heteroatoms. The number of aromatic nitrogens is 3. The van der Waals surface area contributed by atoms with Crippen LogP contribution in [0, 0.1) is 11.6 Å². The van der Waals surface area contributed by atoms with E-state index in [0.717, 1.165) is 35.8 Å². The number of methoxy groups -OCH3 is 1. The summed E-state index contributed by atoms with van der Waals surface area (Å²) < 4.78 is 98.2. The molecule has 0 amide bonds. The molecule has 3 aromatic carbocycles. The Labute approximate surface area is 237 Å². The van der Waals surface area contributed by atoms with E-state index in [9.17, 15) is 35.2 Å². The number of benzene rings is 3. The highest BCUT2D eigenvalue weighted by atomic mass is 32.2. The fourth-order valence-corrected chi connectivity index (χ4v) is 5.92. The smallest absolute Gasteiger partial charge is 0.493 e. The van der Waals surface area contributed by atoms with Crippen molar-refractivity contribution < 1.29 is 44.7 Å². The van der Waals surface area contributed by atoms with Gasteiger partial charge in [0.25, 0.3) is 15.2 Å². The number of halogens is 5. The fourth-order valence-electron chi connectivity index (χ4n) is 3.98. The molecular weight excluding hydrogens is 607 g/mol. The van der Waals surface area contributed by atoms with E-state index in [2.05, 4.69) is 20.0 Å². The maximum atomic E-state index is 13.8. The Morgan fingerprint density at radius 1 is 0.952 bits per heavy atom. The molecule has 0 atom stereocenters. The number of hydrogen-bond acceptors (Lipinski definition) is 9. The van der Waals surface area contributed by atoms with Crippen LogP contribution >= 0.6 is 11.3 Å². The van der Waals surface area contributed by atoms with Gasteiger partial charge in [-0.1, -0.05) is 27.9 Å². The van der Waals surface area contributed by atoms with Crippen LogP contribution in [0.5, 0.6) is 5.75 Å². The third-order valence-corrected chi connectivity index (χ3v) is 8.11. The van der Waals surface area contributed by atoms with E-state index in [4.69, 9.17) is 4.74 Å². The van der Waals surface area contributed by atoms with Crippen LogP contribution in [0.1, 0.15) is 0 Å². The number of hydrogen-bond donors (Lipinski definition) is 0. The number of sulfonamides is 1. The number of carbonyl (C=O) groups is 1. The molecule has 42 heavy (non-hydrogen) atoms. The van der Waals surface area contributed by atoms with Gasteiger partial charge in [-0.25, -0.2) is 13.6 Å². The SMILES string of the molecule is COc1cc(-c2cc(F)cc(F)c2)ccc1-c1nccc2cc(S(=O)(=O)N(OC(=O)C(F)(F)F)c3nncs3)ccc12. The first-order valence-corrected chi connectivity index (χ1v) is 13.8. The van der Waals surface area contributed by atoms with Gasteiger partial charge in [0.1, 0.15) is 22.9 Å². The van der Waals surface area contributed by atoms with E-state index in [1.54, 1.807) is 18.2 Å². The van der Waals surface area contributed by atoms with Crippen LogP contribution in [-0.4, -0.2) is 42.9 Å². The van der Waals surface area contributed by atoms with Gasteiger partial charge in [0.15, 0.2) is 0 Å². The van der Waals surface area contributed by atoms with E-state index in [1.165, 1.54) is 25.4 Å². The van der Waals surface area contributed by atoms with Crippen LogP contribution in [0.4, 0.5) is 27.1 Å². The molecule has 0 fully saturated rings. The molecule has 2 aromatic heterocycles. The molecule has 0 saturated heterocycles. The van der Waals surface area contributed by atoms with Crippen molar-refractivity contribution in [1.29, 1.82) is 0 Å². The number of fused-ring (bicyclic) bond motifs is 1. The molecule has 0 aliphatic heterocycles. The molecule has 0 bridgehead atoms. The third-order valence-electron chi connectivity index (χ3n) is 5.81. The zero-order valence-electron chi connectivity index (χ0n) is 21.0. The summed E-state index contributed by atoms with van der Waals surface area (Å²) in [6.07, 6.45) is -4.12. The van der Waals surface area contributed by atoms with Crippen molar-refractivity contribution in [2.24, 2.45) is 0 Å². The van der Waals surface area contributed by atoms with E-state index >= 15 is 0 Å². The van der Waals surface area contributed by atoms with Gasteiger partial charge < -0.3 is 9.57 Å². The van der Waals surface area contributed by atoms with Crippen LogP contribution in [0.25, 0.3) is 33.2 Å². The molecule has 2 heterocycles. The molecule has 0 radical (unpaired) electrons. The Kier molecular flexibility index (Phi) is 7.51. The van der Waals surface area contributed by atoms with E-state index in [1.807, 2.05) is 0 Å². The number of nitrogens with zero attached hydrogens (tertiary/aromatic N) is 4. The Hall–Kier alpha value is -4.70. The molecule has 5 aromatic rings. The summed E-state index contributed by atoms with van der Waals surface area (Å²) in [5.41, 5.74) is 2.56. The summed E-state index contributed by atoms with van der Waals surface area (Å²) in [5, 5.41) is 6.92. The highest BCUT2D eigenvalue weighted by Crippen LogP contribution is 2.38. The second-order valence-electron chi connectivity index (χ2n) is 8.45. The largest absolute Gasteiger partial charge is 0.496 e. The number of rotatable bonds is 7. The van der Waals surface area contributed by atoms with E-state index < -0.39 is 43.8 Å². The highest BCUT2D eigenvalue weighted by Gasteiger charge is 2.45. The van der Waals surface area contributed by atoms with Gasteiger partial charge in [-0.05, 0) is 59.0 Å². The van der Waals surface area contributed by atoms with Crippen molar-refractivity contribution in [1.82, 2.24) is 15.2 Å². The van der Waals surface area contributed by atoms with Gasteiger partial charge in [0, 0.05) is 23.2 Å². The first-order valence-electron chi connectivity index (χ1n) is 11.5. The average molecular weight is 623 g/mol. The van der Waals surface area contributed by atoms with Crippen molar-refractivity contribution in [2.45, 2.75) is 11.1 Å². The molecular formula is C26H15F5N4O5S2. The molecule has 9 nitrogen and oxygen atoms in total. The molecule has 0 spiro atoms. The second-order valence-corrected chi connectivity index (χ2v) is 11.0. The van der Waals surface area contributed by atoms with Crippen molar-refractivity contribution >= 4 is 43.2 Å². The van der Waals surface area contributed by atoms with Gasteiger partial charge in [-0.3, -0.25) is 4.98 Å². The average Bonchev–Trinajstić information content (AvgIpc) is 3.48. The maximum absolute atomic E-state index is 13.8. The van der Waals surface area contributed by atoms with E-state index in [-0.39, 0.29) is 15.8 Å². The summed E-state index contributed by atoms with van der Waals surface area (Å²) in [5.74, 6) is -4.00. The predicted molar refractivity (Wildman–Crippen MR) is 141 cm³/mol. The Morgan fingerprint density at radius 2 is 1.69 bits per heavy atom. The Balaban J connectivity index is 1.57. The third kappa shape index (κ3) is 5.58. The van der Waals surface area contributed by atoms with Crippen LogP contribution in [0.15, 0.2) is 77.3 Å². The lowest BCUT2D eigenvalue weighted by Gasteiger charge is -2.20. The van der Waals surface area contributed by atoms with Gasteiger partial charge in [0.05, 0.1) is 17.7 Å². The standard InChI is InChI=1S/C26H15F5N4O5S2/c1-39-22-11-14(16-8-17(27)12-18(28)9-16)2-4-21(22)23-20-5-3-19(10-15(20)6-7-32-23)42(37,38)35(25-34-33-13-41-25)40-24(36)26(29,30)31/h2-13H,1H3. The Bertz CT molecular complexity index is 1900. The zero-order valence-corrected chi connectivity index (χ0v) is 22.6. The minimum absolute atomic E-state index is 0.235. The molecule has 0 aliphatic carbocycles. The molecule has 0 saturated carbocycles. The first-order chi connectivity index (χ1) is 19.9. The molecule has 0 N–H and O–H groups in total. The van der Waals surface area contributed by atoms with Crippen LogP contribution < -0.4 is 9.21 Å². The number of anilines is 1. The fraction of sp³-hybridized carbons (Fsp3) is 0.0769. The topological polar surface area (TPSA) is 112 Å². The summed E-state index contributed by atoms with van der Waals surface area (Å²) in [7, 11) is -3.53. The van der Waals surface area contributed by atoms with Gasteiger partial charge in [-0.15, -0.1) is 10.2 Å². The first kappa shape index (κ1) is 28.8. The number of carbonyl (C=O) groups excluding carboxylic acids is 1. The van der Waals surface area contributed by atoms with Gasteiger partial charge in [0.2, 0.25) is 0 Å². The predicted octanol–water partition coefficient (Wildman–Crippen LogP) is 5.92. The monoisotopic (exact) mass is 622 g/mol. The number of alkyl halides is 3. The number of pyridine rings is 1. The lowest BCUT2D eigenvalue weighted by molar-refractivity contribution is -0.199. The molecule has 0 unspecified atom stereocenters. The van der Waals surface area contributed by atoms with Crippen molar-refractivity contribution in [3.63, 3.8) is 0 Å².